The van der Waals surface area contributed by atoms with E-state index < -0.39 is 5.97 Å². The molecule has 1 aliphatic rings. The Morgan fingerprint density at radius 3 is 2.80 bits per heavy atom. The van der Waals surface area contributed by atoms with Crippen LogP contribution in [0.25, 0.3) is 0 Å². The van der Waals surface area contributed by atoms with Crippen molar-refractivity contribution in [2.75, 3.05) is 10.6 Å². The number of carboxylic acid groups (broad SMARTS) is 1. The van der Waals surface area contributed by atoms with Crippen LogP contribution in [-0.4, -0.2) is 32.1 Å². The standard InChI is InChI=1S/C12H13N5O2S/c1-6-14-9(16-7-2-3-7)4-10(15-6)17-12-13-5-8(20-12)11(18)19/h4-5,7H,2-3H2,1H3,(H,18,19)(H2,13,14,15,16,17). The smallest absolute Gasteiger partial charge is 0.347 e. The summed E-state index contributed by atoms with van der Waals surface area (Å²) < 4.78 is 0. The van der Waals surface area contributed by atoms with Crippen molar-refractivity contribution in [3.63, 3.8) is 0 Å². The highest BCUT2D eigenvalue weighted by atomic mass is 32.1. The van der Waals surface area contributed by atoms with Crippen LogP contribution >= 0.6 is 11.3 Å². The van der Waals surface area contributed by atoms with Gasteiger partial charge in [-0.3, -0.25) is 0 Å². The lowest BCUT2D eigenvalue weighted by molar-refractivity contribution is 0.0702. The Bertz CT molecular complexity index is 653. The number of aromatic nitrogens is 3. The van der Waals surface area contributed by atoms with E-state index in [1.807, 2.05) is 6.92 Å². The Hall–Kier alpha value is -2.22. The van der Waals surface area contributed by atoms with Gasteiger partial charge in [-0.05, 0) is 19.8 Å². The summed E-state index contributed by atoms with van der Waals surface area (Å²) in [6.07, 6.45) is 3.66. The molecule has 1 fully saturated rings. The molecule has 1 saturated carbocycles. The molecule has 2 aromatic rings. The molecule has 2 aromatic heterocycles. The molecular weight excluding hydrogens is 278 g/mol. The number of hydrogen-bond acceptors (Lipinski definition) is 7. The summed E-state index contributed by atoms with van der Waals surface area (Å²) in [6.45, 7) is 1.81. The van der Waals surface area contributed by atoms with Gasteiger partial charge in [0.05, 0.1) is 6.20 Å². The predicted octanol–water partition coefficient (Wildman–Crippen LogP) is 2.26. The number of carboxylic acids is 1. The van der Waals surface area contributed by atoms with Gasteiger partial charge in [-0.25, -0.2) is 19.7 Å². The lowest BCUT2D eigenvalue weighted by Gasteiger charge is -2.07. The van der Waals surface area contributed by atoms with Gasteiger partial charge in [-0.2, -0.15) is 0 Å². The number of hydrogen-bond donors (Lipinski definition) is 3. The molecule has 104 valence electrons. The molecule has 0 spiro atoms. The lowest BCUT2D eigenvalue weighted by Crippen LogP contribution is -2.06. The van der Waals surface area contributed by atoms with E-state index in [-0.39, 0.29) is 4.88 Å². The van der Waals surface area contributed by atoms with Crippen molar-refractivity contribution in [3.8, 4) is 0 Å². The van der Waals surface area contributed by atoms with Gasteiger partial charge in [0, 0.05) is 12.1 Å². The van der Waals surface area contributed by atoms with E-state index >= 15 is 0 Å². The summed E-state index contributed by atoms with van der Waals surface area (Å²) in [5, 5.41) is 15.7. The van der Waals surface area contributed by atoms with E-state index in [0.717, 1.165) is 17.2 Å². The van der Waals surface area contributed by atoms with E-state index in [1.165, 1.54) is 19.0 Å². The first-order valence-electron chi connectivity index (χ1n) is 6.18. The minimum absolute atomic E-state index is 0.189. The Morgan fingerprint density at radius 2 is 2.15 bits per heavy atom. The summed E-state index contributed by atoms with van der Waals surface area (Å²) in [5.41, 5.74) is 0. The lowest BCUT2D eigenvalue weighted by atomic mass is 10.4. The van der Waals surface area contributed by atoms with Crippen LogP contribution in [0, 0.1) is 6.92 Å². The number of thiazole rings is 1. The fourth-order valence-corrected chi connectivity index (χ4v) is 2.34. The maximum atomic E-state index is 10.8. The van der Waals surface area contributed by atoms with Gasteiger partial charge in [0.25, 0.3) is 0 Å². The Morgan fingerprint density at radius 1 is 1.40 bits per heavy atom. The normalized spacial score (nSPS) is 14.1. The van der Waals surface area contributed by atoms with Crippen LogP contribution in [0.4, 0.5) is 16.8 Å². The molecule has 0 radical (unpaired) electrons. The molecule has 3 N–H and O–H groups in total. The zero-order valence-electron chi connectivity index (χ0n) is 10.8. The molecule has 0 bridgehead atoms. The monoisotopic (exact) mass is 291 g/mol. The van der Waals surface area contributed by atoms with Crippen LogP contribution in [0.5, 0.6) is 0 Å². The second-order valence-electron chi connectivity index (χ2n) is 4.56. The van der Waals surface area contributed by atoms with Crippen LogP contribution < -0.4 is 10.6 Å². The first kappa shape index (κ1) is 12.8. The summed E-state index contributed by atoms with van der Waals surface area (Å²) in [5.74, 6) is 1.04. The van der Waals surface area contributed by atoms with Crippen molar-refractivity contribution in [1.82, 2.24) is 15.0 Å². The zero-order valence-corrected chi connectivity index (χ0v) is 11.6. The molecule has 20 heavy (non-hydrogen) atoms. The maximum Gasteiger partial charge on any atom is 0.347 e. The first-order chi connectivity index (χ1) is 9.60. The van der Waals surface area contributed by atoms with Crippen molar-refractivity contribution in [2.45, 2.75) is 25.8 Å². The van der Waals surface area contributed by atoms with Crippen LogP contribution in [0.1, 0.15) is 28.3 Å². The van der Waals surface area contributed by atoms with Crippen molar-refractivity contribution >= 4 is 34.1 Å². The maximum absolute atomic E-state index is 10.8. The second-order valence-corrected chi connectivity index (χ2v) is 5.59. The Balaban J connectivity index is 1.78. The number of anilines is 3. The van der Waals surface area contributed by atoms with E-state index in [9.17, 15) is 4.79 Å². The van der Waals surface area contributed by atoms with Crippen LogP contribution in [0.2, 0.25) is 0 Å². The van der Waals surface area contributed by atoms with Gasteiger partial charge in [0.15, 0.2) is 5.13 Å². The van der Waals surface area contributed by atoms with Crippen molar-refractivity contribution < 1.29 is 9.90 Å². The molecule has 0 amide bonds. The molecule has 8 heteroatoms. The zero-order chi connectivity index (χ0) is 14.1. The first-order valence-corrected chi connectivity index (χ1v) is 7.00. The summed E-state index contributed by atoms with van der Waals surface area (Å²) in [4.78, 5) is 23.6. The topological polar surface area (TPSA) is 100 Å². The molecule has 0 aliphatic heterocycles. The SMILES string of the molecule is Cc1nc(Nc2ncc(C(=O)O)s2)cc(NC2CC2)n1. The summed E-state index contributed by atoms with van der Waals surface area (Å²) in [6, 6.07) is 2.31. The van der Waals surface area contributed by atoms with E-state index in [2.05, 4.69) is 25.6 Å². The molecule has 0 saturated heterocycles. The molecule has 0 unspecified atom stereocenters. The van der Waals surface area contributed by atoms with Gasteiger partial charge in [0.2, 0.25) is 0 Å². The largest absolute Gasteiger partial charge is 0.477 e. The van der Waals surface area contributed by atoms with E-state index in [4.69, 9.17) is 5.11 Å². The minimum Gasteiger partial charge on any atom is -0.477 e. The highest BCUT2D eigenvalue weighted by Gasteiger charge is 2.21. The van der Waals surface area contributed by atoms with Gasteiger partial charge in [0.1, 0.15) is 22.3 Å². The van der Waals surface area contributed by atoms with Gasteiger partial charge in [-0.15, -0.1) is 0 Å². The third-order valence-electron chi connectivity index (χ3n) is 2.72. The highest BCUT2D eigenvalue weighted by Crippen LogP contribution is 2.26. The number of aromatic carboxylic acids is 1. The number of nitrogens with zero attached hydrogens (tertiary/aromatic N) is 3. The minimum atomic E-state index is -0.981. The average Bonchev–Trinajstić information content (AvgIpc) is 3.04. The molecule has 7 nitrogen and oxygen atoms in total. The number of aryl methyl sites for hydroxylation is 1. The van der Waals surface area contributed by atoms with Gasteiger partial charge >= 0.3 is 5.97 Å². The predicted molar refractivity (Wildman–Crippen MR) is 75.8 cm³/mol. The molecule has 1 aliphatic carbocycles. The summed E-state index contributed by atoms with van der Waals surface area (Å²) in [7, 11) is 0. The quantitative estimate of drug-likeness (QED) is 0.776. The molecule has 0 atom stereocenters. The van der Waals surface area contributed by atoms with Crippen LogP contribution in [-0.2, 0) is 0 Å². The molecule has 2 heterocycles. The number of rotatable bonds is 5. The highest BCUT2D eigenvalue weighted by molar-refractivity contribution is 7.17. The molecule has 3 rings (SSSR count). The van der Waals surface area contributed by atoms with E-state index in [0.29, 0.717) is 22.8 Å². The van der Waals surface area contributed by atoms with E-state index in [1.54, 1.807) is 6.07 Å². The molecular formula is C12H13N5O2S. The van der Waals surface area contributed by atoms with Gasteiger partial charge < -0.3 is 15.7 Å². The van der Waals surface area contributed by atoms with Crippen molar-refractivity contribution in [2.24, 2.45) is 0 Å². The average molecular weight is 291 g/mol. The molecule has 0 aromatic carbocycles. The third-order valence-corrected chi connectivity index (χ3v) is 3.62. The fourth-order valence-electron chi connectivity index (χ4n) is 1.68. The third kappa shape index (κ3) is 3.02. The van der Waals surface area contributed by atoms with Crippen molar-refractivity contribution in [1.29, 1.82) is 0 Å². The van der Waals surface area contributed by atoms with Crippen LogP contribution in [0.3, 0.4) is 0 Å². The number of nitrogens with one attached hydrogen (secondary N) is 2. The van der Waals surface area contributed by atoms with Gasteiger partial charge in [-0.1, -0.05) is 11.3 Å². The van der Waals surface area contributed by atoms with Crippen LogP contribution in [0.15, 0.2) is 12.3 Å². The number of carbonyl (C=O) groups is 1. The van der Waals surface area contributed by atoms with Crippen molar-refractivity contribution in [3.05, 3.63) is 23.0 Å². The fraction of sp³-hybridized carbons (Fsp3) is 0.333. The summed E-state index contributed by atoms with van der Waals surface area (Å²) >= 11 is 1.07. The second kappa shape index (κ2) is 5.04. The Labute approximate surface area is 119 Å². The Kier molecular flexibility index (Phi) is 3.23.